The smallest absolute Gasteiger partial charge is 0.330 e. The van der Waals surface area contributed by atoms with Gasteiger partial charge in [-0.2, -0.15) is 4.39 Å². The van der Waals surface area contributed by atoms with E-state index in [1.807, 2.05) is 72.7 Å². The van der Waals surface area contributed by atoms with E-state index >= 15 is 4.39 Å². The van der Waals surface area contributed by atoms with Crippen LogP contribution in [0, 0.1) is 5.82 Å². The number of nitrogens with one attached hydrogen (secondary N) is 1. The van der Waals surface area contributed by atoms with Crippen molar-refractivity contribution in [3.8, 4) is 0 Å². The van der Waals surface area contributed by atoms with Crippen LogP contribution >= 0.6 is 0 Å². The Labute approximate surface area is 206 Å². The highest BCUT2D eigenvalue weighted by atomic mass is 28.4. The summed E-state index contributed by atoms with van der Waals surface area (Å²) < 4.78 is 49.6. The highest BCUT2D eigenvalue weighted by molar-refractivity contribution is 6.74. The lowest BCUT2D eigenvalue weighted by Crippen LogP contribution is -2.57. The lowest BCUT2D eigenvalue weighted by atomic mass is 9.98. The predicted molar refractivity (Wildman–Crippen MR) is 135 cm³/mol. The SMILES string of the molecule is CC(C)(C)[Si](C)(C)OC[C@@]1(C=NO)O[C@@H](n2cc(F)c(=O)[nH]c2=O)[C@@H](F)[C@@H]1O[Si](C)(C)C(C)(C)C. The molecule has 1 aromatic heterocycles. The van der Waals surface area contributed by atoms with Crippen molar-refractivity contribution in [1.29, 1.82) is 0 Å². The van der Waals surface area contributed by atoms with Gasteiger partial charge in [0.05, 0.1) is 19.0 Å². The lowest BCUT2D eigenvalue weighted by molar-refractivity contribution is -0.0796. The summed E-state index contributed by atoms with van der Waals surface area (Å²) in [5, 5.41) is 12.2. The van der Waals surface area contributed by atoms with Crippen molar-refractivity contribution in [1.82, 2.24) is 9.55 Å². The first-order chi connectivity index (χ1) is 15.7. The second kappa shape index (κ2) is 9.65. The number of oxime groups is 1. The van der Waals surface area contributed by atoms with Crippen LogP contribution in [-0.4, -0.2) is 62.1 Å². The van der Waals surface area contributed by atoms with E-state index in [1.165, 1.54) is 0 Å². The van der Waals surface area contributed by atoms with Gasteiger partial charge in [0.1, 0.15) is 6.10 Å². The third-order valence-corrected chi connectivity index (χ3v) is 16.5. The molecule has 0 radical (unpaired) electrons. The Morgan fingerprint density at radius 1 is 1.17 bits per heavy atom. The number of alkyl halides is 1. The van der Waals surface area contributed by atoms with Gasteiger partial charge in [0.15, 0.2) is 34.6 Å². The second-order valence-corrected chi connectivity index (χ2v) is 21.7. The van der Waals surface area contributed by atoms with Gasteiger partial charge in [0.25, 0.3) is 5.56 Å². The van der Waals surface area contributed by atoms with E-state index in [9.17, 15) is 19.2 Å². The third kappa shape index (κ3) is 5.84. The molecule has 0 spiro atoms. The topological polar surface area (TPSA) is 115 Å². The number of ether oxygens (including phenoxy) is 1. The Morgan fingerprint density at radius 2 is 1.71 bits per heavy atom. The summed E-state index contributed by atoms with van der Waals surface area (Å²) >= 11 is 0. The van der Waals surface area contributed by atoms with Crippen LogP contribution in [0.3, 0.4) is 0 Å². The van der Waals surface area contributed by atoms with Crippen LogP contribution < -0.4 is 11.2 Å². The largest absolute Gasteiger partial charge is 0.413 e. The molecule has 1 aliphatic heterocycles. The van der Waals surface area contributed by atoms with Gasteiger partial charge < -0.3 is 18.8 Å². The van der Waals surface area contributed by atoms with Crippen molar-refractivity contribution in [2.75, 3.05) is 6.61 Å². The normalized spacial score (nSPS) is 26.6. The summed E-state index contributed by atoms with van der Waals surface area (Å²) in [5.41, 5.74) is -3.99. The van der Waals surface area contributed by atoms with Crippen LogP contribution in [0.5, 0.6) is 0 Å². The minimum Gasteiger partial charge on any atom is -0.413 e. The molecule has 0 unspecified atom stereocenters. The number of aromatic nitrogens is 2. The Balaban J connectivity index is 2.65. The van der Waals surface area contributed by atoms with Crippen molar-refractivity contribution in [2.24, 2.45) is 5.16 Å². The second-order valence-electron chi connectivity index (χ2n) is 12.1. The van der Waals surface area contributed by atoms with Crippen molar-refractivity contribution in [3.05, 3.63) is 32.9 Å². The van der Waals surface area contributed by atoms with Crippen LogP contribution in [0.4, 0.5) is 8.78 Å². The molecule has 0 aliphatic carbocycles. The first-order valence-corrected chi connectivity index (χ1v) is 17.3. The first-order valence-electron chi connectivity index (χ1n) is 11.5. The molecule has 0 aromatic carbocycles. The van der Waals surface area contributed by atoms with Gasteiger partial charge in [-0.15, -0.1) is 0 Å². The fourth-order valence-corrected chi connectivity index (χ4v) is 5.50. The average molecular weight is 536 g/mol. The minimum absolute atomic E-state index is 0.188. The molecule has 0 saturated carbocycles. The number of hydrogen-bond acceptors (Lipinski definition) is 7. The van der Waals surface area contributed by atoms with Crippen LogP contribution in [-0.2, 0) is 13.6 Å². The van der Waals surface area contributed by atoms with Gasteiger partial charge in [-0.05, 0) is 36.3 Å². The fraction of sp³-hybridized carbons (Fsp3) is 0.773. The van der Waals surface area contributed by atoms with E-state index in [1.54, 1.807) is 0 Å². The summed E-state index contributed by atoms with van der Waals surface area (Å²) in [6.07, 6.45) is -3.37. The molecule has 4 atom stereocenters. The van der Waals surface area contributed by atoms with Gasteiger partial charge in [-0.1, -0.05) is 46.7 Å². The zero-order valence-electron chi connectivity index (χ0n) is 22.2. The summed E-state index contributed by atoms with van der Waals surface area (Å²) in [6, 6.07) is 0. The summed E-state index contributed by atoms with van der Waals surface area (Å²) in [6.45, 7) is 19.7. The minimum atomic E-state index is -2.63. The maximum atomic E-state index is 16.2. The van der Waals surface area contributed by atoms with E-state index in [0.717, 1.165) is 6.21 Å². The number of nitrogens with zero attached hydrogens (tertiary/aromatic N) is 2. The molecule has 2 rings (SSSR count). The predicted octanol–water partition coefficient (Wildman–Crippen LogP) is 4.15. The molecule has 1 fully saturated rings. The standard InChI is InChI=1S/C22H39F2N3O6Si2/c1-20(2,3)34(7,8)31-13-22(12-25-30)16(33-35(9,10)21(4,5)6)15(24)18(32-22)27-11-14(23)17(28)26-19(27)29/h11-12,15-16,18,30H,13H2,1-10H3,(H,26,28,29)/t15-,16-,18+,22+/m0/s1. The number of aromatic amines is 1. The zero-order valence-corrected chi connectivity index (χ0v) is 24.2. The Bertz CT molecular complexity index is 1060. The summed E-state index contributed by atoms with van der Waals surface area (Å²) in [5.74, 6) is -1.27. The Hall–Kier alpha value is -1.68. The molecule has 1 aliphatic rings. The van der Waals surface area contributed by atoms with E-state index in [0.29, 0.717) is 10.8 Å². The van der Waals surface area contributed by atoms with Crippen LogP contribution in [0.1, 0.15) is 47.8 Å². The highest BCUT2D eigenvalue weighted by Crippen LogP contribution is 2.46. The molecule has 200 valence electrons. The third-order valence-electron chi connectivity index (χ3n) is 7.55. The molecule has 1 aromatic rings. The number of rotatable bonds is 7. The van der Waals surface area contributed by atoms with Crippen LogP contribution in [0.15, 0.2) is 20.9 Å². The van der Waals surface area contributed by atoms with Crippen molar-refractivity contribution in [2.45, 2.75) is 102 Å². The molecular weight excluding hydrogens is 496 g/mol. The summed E-state index contributed by atoms with van der Waals surface area (Å²) in [7, 11) is -5.02. The van der Waals surface area contributed by atoms with Crippen molar-refractivity contribution in [3.63, 3.8) is 0 Å². The summed E-state index contributed by atoms with van der Waals surface area (Å²) in [4.78, 5) is 25.8. The molecule has 13 heteroatoms. The monoisotopic (exact) mass is 535 g/mol. The molecule has 9 nitrogen and oxygen atoms in total. The molecule has 35 heavy (non-hydrogen) atoms. The van der Waals surface area contributed by atoms with Crippen LogP contribution in [0.25, 0.3) is 0 Å². The van der Waals surface area contributed by atoms with Gasteiger partial charge in [0, 0.05) is 0 Å². The molecule has 2 N–H and O–H groups in total. The highest BCUT2D eigenvalue weighted by Gasteiger charge is 2.60. The maximum absolute atomic E-state index is 16.2. The van der Waals surface area contributed by atoms with E-state index in [-0.39, 0.29) is 16.7 Å². The van der Waals surface area contributed by atoms with E-state index in [4.69, 9.17) is 13.6 Å². The maximum Gasteiger partial charge on any atom is 0.330 e. The number of H-pyrrole nitrogens is 1. The quantitative estimate of drug-likeness (QED) is 0.235. The van der Waals surface area contributed by atoms with Gasteiger partial charge in [-0.3, -0.25) is 14.3 Å². The van der Waals surface area contributed by atoms with Crippen LogP contribution in [0.2, 0.25) is 36.3 Å². The number of halogens is 2. The Kier molecular flexibility index (Phi) is 8.15. The van der Waals surface area contributed by atoms with E-state index < -0.39 is 57.8 Å². The Morgan fingerprint density at radius 3 is 2.20 bits per heavy atom. The average Bonchev–Trinajstić information content (AvgIpc) is 2.94. The molecule has 1 saturated heterocycles. The van der Waals surface area contributed by atoms with E-state index in [2.05, 4.69) is 5.16 Å². The molecule has 0 bridgehead atoms. The fourth-order valence-electron chi connectivity index (χ4n) is 3.16. The molecule has 2 heterocycles. The zero-order chi connectivity index (χ0) is 27.2. The van der Waals surface area contributed by atoms with Gasteiger partial charge >= 0.3 is 5.69 Å². The molecule has 0 amide bonds. The van der Waals surface area contributed by atoms with Crippen molar-refractivity contribution >= 4 is 22.8 Å². The number of hydrogen-bond donors (Lipinski definition) is 2. The van der Waals surface area contributed by atoms with Gasteiger partial charge in [0.2, 0.25) is 5.82 Å². The lowest BCUT2D eigenvalue weighted by Gasteiger charge is -2.43. The molecular formula is C22H39F2N3O6Si2. The van der Waals surface area contributed by atoms with Crippen molar-refractivity contribution < 1.29 is 27.6 Å². The van der Waals surface area contributed by atoms with Gasteiger partial charge in [-0.25, -0.2) is 9.18 Å². The first kappa shape index (κ1) is 29.6.